The van der Waals surface area contributed by atoms with Crippen LogP contribution in [-0.2, 0) is 24.4 Å². The first-order valence-electron chi connectivity index (χ1n) is 10.6. The Morgan fingerprint density at radius 1 is 1.17 bits per heavy atom. The van der Waals surface area contributed by atoms with E-state index in [4.69, 9.17) is 9.47 Å². The van der Waals surface area contributed by atoms with Crippen LogP contribution in [0, 0.1) is 6.92 Å². The molecule has 158 valence electrons. The van der Waals surface area contributed by atoms with E-state index in [0.29, 0.717) is 6.10 Å². The van der Waals surface area contributed by atoms with Crippen molar-refractivity contribution in [1.29, 1.82) is 0 Å². The minimum atomic E-state index is 0.306. The zero-order valence-electron chi connectivity index (χ0n) is 17.8. The van der Waals surface area contributed by atoms with Gasteiger partial charge in [-0.05, 0) is 49.6 Å². The Hall–Kier alpha value is -2.70. The topological polar surface area (TPSA) is 52.4 Å². The number of hydrogen-bond donors (Lipinski definition) is 0. The van der Waals surface area contributed by atoms with Crippen molar-refractivity contribution in [3.05, 3.63) is 77.6 Å². The third-order valence-electron chi connectivity index (χ3n) is 5.61. The van der Waals surface area contributed by atoms with Crippen LogP contribution >= 0.6 is 0 Å². The summed E-state index contributed by atoms with van der Waals surface area (Å²) in [7, 11) is 1.73. The highest BCUT2D eigenvalue weighted by Crippen LogP contribution is 2.23. The molecule has 1 aromatic carbocycles. The highest BCUT2D eigenvalue weighted by atomic mass is 16.5. The molecular formula is C24H30N4O2. The van der Waals surface area contributed by atoms with Gasteiger partial charge >= 0.3 is 0 Å². The van der Waals surface area contributed by atoms with E-state index >= 15 is 0 Å². The van der Waals surface area contributed by atoms with Gasteiger partial charge in [-0.3, -0.25) is 9.88 Å². The van der Waals surface area contributed by atoms with Crippen molar-refractivity contribution >= 4 is 0 Å². The van der Waals surface area contributed by atoms with Gasteiger partial charge in [0.2, 0.25) is 0 Å². The Labute approximate surface area is 178 Å². The van der Waals surface area contributed by atoms with Crippen molar-refractivity contribution in [2.24, 2.45) is 0 Å². The normalized spacial score (nSPS) is 16.3. The van der Waals surface area contributed by atoms with Gasteiger partial charge in [-0.25, -0.2) is 4.98 Å². The Balaban J connectivity index is 1.53. The highest BCUT2D eigenvalue weighted by molar-refractivity contribution is 5.37. The summed E-state index contributed by atoms with van der Waals surface area (Å²) in [6, 6.07) is 12.6. The summed E-state index contributed by atoms with van der Waals surface area (Å²) in [6.07, 6.45) is 8.29. The van der Waals surface area contributed by atoms with Crippen molar-refractivity contribution < 1.29 is 9.47 Å². The van der Waals surface area contributed by atoms with Gasteiger partial charge in [0.05, 0.1) is 25.5 Å². The van der Waals surface area contributed by atoms with Crippen LogP contribution in [-0.4, -0.2) is 45.8 Å². The quantitative estimate of drug-likeness (QED) is 0.541. The number of rotatable bonds is 9. The van der Waals surface area contributed by atoms with E-state index in [1.54, 1.807) is 7.11 Å². The van der Waals surface area contributed by atoms with Crippen molar-refractivity contribution in [1.82, 2.24) is 19.4 Å². The average Bonchev–Trinajstić information content (AvgIpc) is 3.41. The van der Waals surface area contributed by atoms with Gasteiger partial charge in [0.25, 0.3) is 0 Å². The van der Waals surface area contributed by atoms with Crippen LogP contribution in [0.15, 0.2) is 55.0 Å². The maximum atomic E-state index is 5.91. The van der Waals surface area contributed by atoms with Gasteiger partial charge in [0, 0.05) is 50.4 Å². The molecule has 30 heavy (non-hydrogen) atoms. The van der Waals surface area contributed by atoms with Gasteiger partial charge in [0.15, 0.2) is 0 Å². The van der Waals surface area contributed by atoms with E-state index in [1.165, 1.54) is 5.56 Å². The van der Waals surface area contributed by atoms with Crippen LogP contribution in [0.25, 0.3) is 0 Å². The summed E-state index contributed by atoms with van der Waals surface area (Å²) in [4.78, 5) is 11.3. The highest BCUT2D eigenvalue weighted by Gasteiger charge is 2.20. The Kier molecular flexibility index (Phi) is 6.77. The Morgan fingerprint density at radius 3 is 2.80 bits per heavy atom. The predicted octanol–water partition coefficient (Wildman–Crippen LogP) is 3.82. The van der Waals surface area contributed by atoms with E-state index in [0.717, 1.165) is 68.5 Å². The fourth-order valence-electron chi connectivity index (χ4n) is 4.05. The van der Waals surface area contributed by atoms with E-state index in [-0.39, 0.29) is 0 Å². The molecule has 0 saturated carbocycles. The molecule has 1 saturated heterocycles. The Morgan fingerprint density at radius 2 is 2.10 bits per heavy atom. The van der Waals surface area contributed by atoms with Crippen LogP contribution in [0.4, 0.5) is 0 Å². The van der Waals surface area contributed by atoms with Crippen molar-refractivity contribution in [3.63, 3.8) is 0 Å². The predicted molar refractivity (Wildman–Crippen MR) is 116 cm³/mol. The average molecular weight is 407 g/mol. The van der Waals surface area contributed by atoms with Crippen molar-refractivity contribution in [2.75, 3.05) is 20.3 Å². The van der Waals surface area contributed by atoms with Crippen LogP contribution in [0.2, 0.25) is 0 Å². The number of aryl methyl sites for hydroxylation is 1. The molecule has 1 atom stereocenters. The number of nitrogens with zero attached hydrogens (tertiary/aromatic N) is 4. The molecule has 1 unspecified atom stereocenters. The summed E-state index contributed by atoms with van der Waals surface area (Å²) in [5, 5.41) is 0. The third kappa shape index (κ3) is 5.26. The van der Waals surface area contributed by atoms with Gasteiger partial charge in [-0.15, -0.1) is 0 Å². The standard InChI is InChI=1S/C24H30N4O2/c1-19-25-11-12-28(19)16-21-14-20(8-9-24(21)29-2)15-27(18-23-7-5-13-30-23)17-22-6-3-4-10-26-22/h3-4,6,8-12,14,23H,5,7,13,15-18H2,1-2H3. The van der Waals surface area contributed by atoms with E-state index in [1.807, 2.05) is 37.6 Å². The molecule has 0 bridgehead atoms. The summed E-state index contributed by atoms with van der Waals surface area (Å²) in [5.74, 6) is 1.90. The fraction of sp³-hybridized carbons (Fsp3) is 0.417. The molecule has 2 aromatic heterocycles. The number of pyridine rings is 1. The number of methoxy groups -OCH3 is 1. The summed E-state index contributed by atoms with van der Waals surface area (Å²) in [5.41, 5.74) is 3.50. The number of imidazole rings is 1. The summed E-state index contributed by atoms with van der Waals surface area (Å²) in [6.45, 7) is 6.21. The molecule has 1 aliphatic rings. The second-order valence-corrected chi connectivity index (χ2v) is 7.87. The Bertz CT molecular complexity index is 935. The largest absolute Gasteiger partial charge is 0.496 e. The molecule has 1 aliphatic heterocycles. The lowest BCUT2D eigenvalue weighted by Crippen LogP contribution is -2.31. The van der Waals surface area contributed by atoms with Gasteiger partial charge in [-0.1, -0.05) is 12.1 Å². The molecular weight excluding hydrogens is 376 g/mol. The minimum Gasteiger partial charge on any atom is -0.496 e. The van der Waals surface area contributed by atoms with Gasteiger partial charge in [0.1, 0.15) is 11.6 Å². The lowest BCUT2D eigenvalue weighted by Gasteiger charge is -2.25. The lowest BCUT2D eigenvalue weighted by atomic mass is 10.1. The lowest BCUT2D eigenvalue weighted by molar-refractivity contribution is 0.0674. The van der Waals surface area contributed by atoms with Gasteiger partial charge < -0.3 is 14.0 Å². The molecule has 0 amide bonds. The molecule has 4 rings (SSSR count). The molecule has 0 radical (unpaired) electrons. The first-order valence-corrected chi connectivity index (χ1v) is 10.6. The number of hydrogen-bond acceptors (Lipinski definition) is 5. The zero-order valence-corrected chi connectivity index (χ0v) is 17.8. The number of aromatic nitrogens is 3. The molecule has 6 heteroatoms. The first-order chi connectivity index (χ1) is 14.7. The molecule has 3 heterocycles. The van der Waals surface area contributed by atoms with Crippen molar-refractivity contribution in [3.8, 4) is 5.75 Å². The van der Waals surface area contributed by atoms with Crippen molar-refractivity contribution in [2.45, 2.75) is 45.5 Å². The van der Waals surface area contributed by atoms with Crippen LogP contribution < -0.4 is 4.74 Å². The number of benzene rings is 1. The second-order valence-electron chi connectivity index (χ2n) is 7.87. The molecule has 1 fully saturated rings. The zero-order chi connectivity index (χ0) is 20.8. The van der Waals surface area contributed by atoms with E-state index in [2.05, 4.69) is 43.7 Å². The first kappa shape index (κ1) is 20.6. The third-order valence-corrected chi connectivity index (χ3v) is 5.61. The maximum absolute atomic E-state index is 5.91. The van der Waals surface area contributed by atoms with Crippen LogP contribution in [0.3, 0.4) is 0 Å². The van der Waals surface area contributed by atoms with Gasteiger partial charge in [-0.2, -0.15) is 0 Å². The maximum Gasteiger partial charge on any atom is 0.123 e. The molecule has 0 N–H and O–H groups in total. The molecule has 6 nitrogen and oxygen atoms in total. The summed E-state index contributed by atoms with van der Waals surface area (Å²) >= 11 is 0. The van der Waals surface area contributed by atoms with E-state index < -0.39 is 0 Å². The SMILES string of the molecule is COc1ccc(CN(Cc2ccccn2)CC2CCCO2)cc1Cn1ccnc1C. The minimum absolute atomic E-state index is 0.306. The smallest absolute Gasteiger partial charge is 0.123 e. The van der Waals surface area contributed by atoms with Crippen LogP contribution in [0.5, 0.6) is 5.75 Å². The van der Waals surface area contributed by atoms with Crippen LogP contribution in [0.1, 0.15) is 35.5 Å². The fourth-order valence-corrected chi connectivity index (χ4v) is 4.05. The van der Waals surface area contributed by atoms with E-state index in [9.17, 15) is 0 Å². The number of ether oxygens (including phenoxy) is 2. The monoisotopic (exact) mass is 406 g/mol. The second kappa shape index (κ2) is 9.87. The molecule has 0 spiro atoms. The summed E-state index contributed by atoms with van der Waals surface area (Å²) < 4.78 is 13.7. The molecule has 3 aromatic rings. The molecule has 0 aliphatic carbocycles.